The van der Waals surface area contributed by atoms with Gasteiger partial charge in [-0.1, -0.05) is 42.5 Å². The van der Waals surface area contributed by atoms with E-state index in [4.69, 9.17) is 4.74 Å². The van der Waals surface area contributed by atoms with E-state index in [9.17, 15) is 31.5 Å². The van der Waals surface area contributed by atoms with E-state index in [1.165, 1.54) is 36.4 Å². The molecule has 0 amide bonds. The molecule has 0 aliphatic carbocycles. The number of anilines is 1. The highest BCUT2D eigenvalue weighted by Crippen LogP contribution is 2.38. The maximum atomic E-state index is 13.3. The number of rotatable bonds is 6. The van der Waals surface area contributed by atoms with Crippen molar-refractivity contribution in [2.45, 2.75) is 11.1 Å². The Morgan fingerprint density at radius 3 is 2.21 bits per heavy atom. The van der Waals surface area contributed by atoms with Gasteiger partial charge in [0.2, 0.25) is 0 Å². The van der Waals surface area contributed by atoms with Crippen molar-refractivity contribution in [3.05, 3.63) is 96.1 Å². The minimum atomic E-state index is -4.75. The SMILES string of the molecule is O=C(O)c1ccccc1Oc1ccc(C(F)(F)F)cc1NS(=O)(=O)c1ccc2ccccc2c1. The summed E-state index contributed by atoms with van der Waals surface area (Å²) in [7, 11) is -4.32. The van der Waals surface area contributed by atoms with Crippen LogP contribution in [0.5, 0.6) is 11.5 Å². The summed E-state index contributed by atoms with van der Waals surface area (Å²) in [6, 6.07) is 19.0. The molecule has 0 aliphatic heterocycles. The number of hydrogen-bond acceptors (Lipinski definition) is 4. The van der Waals surface area contributed by atoms with Crippen molar-refractivity contribution < 1.29 is 36.2 Å². The van der Waals surface area contributed by atoms with Gasteiger partial charge in [-0.3, -0.25) is 4.72 Å². The van der Waals surface area contributed by atoms with Crippen molar-refractivity contribution in [3.63, 3.8) is 0 Å². The number of alkyl halides is 3. The largest absolute Gasteiger partial charge is 0.478 e. The Kier molecular flexibility index (Phi) is 5.92. The summed E-state index contributed by atoms with van der Waals surface area (Å²) in [5.41, 5.74) is -1.85. The Balaban J connectivity index is 1.78. The molecule has 0 radical (unpaired) electrons. The summed E-state index contributed by atoms with van der Waals surface area (Å²) in [6.45, 7) is 0. The van der Waals surface area contributed by atoms with Gasteiger partial charge in [0.1, 0.15) is 11.3 Å². The number of sulfonamides is 1. The Bertz CT molecular complexity index is 1500. The molecule has 4 aromatic rings. The molecule has 0 heterocycles. The molecule has 6 nitrogen and oxygen atoms in total. The molecule has 0 unspecified atom stereocenters. The first-order valence-electron chi connectivity index (χ1n) is 9.78. The molecule has 4 rings (SSSR count). The first-order valence-corrected chi connectivity index (χ1v) is 11.3. The van der Waals surface area contributed by atoms with E-state index in [0.29, 0.717) is 17.5 Å². The van der Waals surface area contributed by atoms with E-state index >= 15 is 0 Å². The molecule has 34 heavy (non-hydrogen) atoms. The number of benzene rings is 4. The Morgan fingerprint density at radius 1 is 0.824 bits per heavy atom. The molecular weight excluding hydrogens is 471 g/mol. The maximum absolute atomic E-state index is 13.3. The second-order valence-corrected chi connectivity index (χ2v) is 8.91. The van der Waals surface area contributed by atoms with Gasteiger partial charge in [-0.2, -0.15) is 13.2 Å². The normalized spacial score (nSPS) is 11.9. The van der Waals surface area contributed by atoms with Crippen LogP contribution in [0.1, 0.15) is 15.9 Å². The molecule has 0 fully saturated rings. The van der Waals surface area contributed by atoms with Crippen LogP contribution >= 0.6 is 0 Å². The highest BCUT2D eigenvalue weighted by Gasteiger charge is 2.32. The molecule has 0 saturated heterocycles. The van der Waals surface area contributed by atoms with Gasteiger partial charge >= 0.3 is 12.1 Å². The molecule has 0 aromatic heterocycles. The van der Waals surface area contributed by atoms with Crippen molar-refractivity contribution in [1.82, 2.24) is 0 Å². The van der Waals surface area contributed by atoms with Gasteiger partial charge in [0.25, 0.3) is 10.0 Å². The smallest absolute Gasteiger partial charge is 0.416 e. The van der Waals surface area contributed by atoms with Crippen molar-refractivity contribution in [3.8, 4) is 11.5 Å². The van der Waals surface area contributed by atoms with Crippen molar-refractivity contribution in [2.24, 2.45) is 0 Å². The van der Waals surface area contributed by atoms with Gasteiger partial charge in [-0.25, -0.2) is 13.2 Å². The molecule has 0 bridgehead atoms. The van der Waals surface area contributed by atoms with Crippen LogP contribution in [0.25, 0.3) is 10.8 Å². The monoisotopic (exact) mass is 487 g/mol. The average molecular weight is 487 g/mol. The van der Waals surface area contributed by atoms with Gasteiger partial charge in [0.05, 0.1) is 16.1 Å². The number of carboxylic acids is 1. The van der Waals surface area contributed by atoms with Crippen molar-refractivity contribution in [2.75, 3.05) is 4.72 Å². The molecule has 10 heteroatoms. The lowest BCUT2D eigenvalue weighted by Crippen LogP contribution is -2.15. The second-order valence-electron chi connectivity index (χ2n) is 7.23. The fourth-order valence-electron chi connectivity index (χ4n) is 3.26. The van der Waals surface area contributed by atoms with E-state index in [0.717, 1.165) is 11.5 Å². The number of carbonyl (C=O) groups is 1. The molecule has 0 saturated carbocycles. The Hall–Kier alpha value is -4.05. The number of fused-ring (bicyclic) bond motifs is 1. The Morgan fingerprint density at radius 2 is 1.50 bits per heavy atom. The third-order valence-corrected chi connectivity index (χ3v) is 6.28. The van der Waals surface area contributed by atoms with Crippen molar-refractivity contribution >= 4 is 32.5 Å². The number of carboxylic acid groups (broad SMARTS) is 1. The third kappa shape index (κ3) is 4.81. The van der Waals surface area contributed by atoms with Gasteiger partial charge in [-0.05, 0) is 53.2 Å². The van der Waals surface area contributed by atoms with Crippen LogP contribution in [0.15, 0.2) is 89.8 Å². The predicted octanol–water partition coefficient (Wildman–Crippen LogP) is 6.15. The molecule has 174 valence electrons. The standard InChI is InChI=1S/C24H16F3NO5S/c25-24(26,27)17-10-12-22(33-21-8-4-3-7-19(21)23(29)30)20(14-17)28-34(31,32)18-11-9-15-5-1-2-6-16(15)13-18/h1-14,28H,(H,29,30). The summed E-state index contributed by atoms with van der Waals surface area (Å²) in [6.07, 6.45) is -4.75. The highest BCUT2D eigenvalue weighted by molar-refractivity contribution is 7.92. The zero-order valence-electron chi connectivity index (χ0n) is 17.2. The van der Waals surface area contributed by atoms with Crippen LogP contribution in [-0.4, -0.2) is 19.5 Å². The van der Waals surface area contributed by atoms with Crippen LogP contribution in [-0.2, 0) is 16.2 Å². The molecule has 4 aromatic carbocycles. The van der Waals surface area contributed by atoms with Crippen LogP contribution in [0.2, 0.25) is 0 Å². The summed E-state index contributed by atoms with van der Waals surface area (Å²) in [5, 5.41) is 10.8. The summed E-state index contributed by atoms with van der Waals surface area (Å²) in [4.78, 5) is 11.3. The van der Waals surface area contributed by atoms with Gasteiger partial charge in [0, 0.05) is 0 Å². The van der Waals surface area contributed by atoms with Crippen LogP contribution in [0.4, 0.5) is 18.9 Å². The summed E-state index contributed by atoms with van der Waals surface area (Å²) >= 11 is 0. The second kappa shape index (κ2) is 8.71. The number of para-hydroxylation sites is 1. The topological polar surface area (TPSA) is 92.7 Å². The summed E-state index contributed by atoms with van der Waals surface area (Å²) in [5.74, 6) is -1.78. The number of halogens is 3. The molecule has 0 atom stereocenters. The number of aromatic carboxylic acids is 1. The fraction of sp³-hybridized carbons (Fsp3) is 0.0417. The van der Waals surface area contributed by atoms with E-state index in [-0.39, 0.29) is 22.0 Å². The third-order valence-electron chi connectivity index (χ3n) is 4.92. The lowest BCUT2D eigenvalue weighted by atomic mass is 10.1. The zero-order chi connectivity index (χ0) is 24.5. The van der Waals surface area contributed by atoms with Crippen LogP contribution < -0.4 is 9.46 Å². The highest BCUT2D eigenvalue weighted by atomic mass is 32.2. The Labute approximate surface area is 192 Å². The first kappa shape index (κ1) is 23.1. The maximum Gasteiger partial charge on any atom is 0.416 e. The quantitative estimate of drug-likeness (QED) is 0.340. The molecule has 2 N–H and O–H groups in total. The van der Waals surface area contributed by atoms with Gasteiger partial charge in [0.15, 0.2) is 5.75 Å². The van der Waals surface area contributed by atoms with Gasteiger partial charge < -0.3 is 9.84 Å². The number of ether oxygens (including phenoxy) is 1. The minimum Gasteiger partial charge on any atom is -0.478 e. The van der Waals surface area contributed by atoms with Crippen LogP contribution in [0.3, 0.4) is 0 Å². The zero-order valence-corrected chi connectivity index (χ0v) is 18.0. The van der Waals surface area contributed by atoms with E-state index in [2.05, 4.69) is 4.72 Å². The molecule has 0 spiro atoms. The van der Waals surface area contributed by atoms with Crippen molar-refractivity contribution in [1.29, 1.82) is 0 Å². The molecular formula is C24H16F3NO5S. The van der Waals surface area contributed by atoms with E-state index in [1.807, 2.05) is 0 Å². The van der Waals surface area contributed by atoms with Crippen LogP contribution in [0, 0.1) is 0 Å². The minimum absolute atomic E-state index is 0.166. The summed E-state index contributed by atoms with van der Waals surface area (Å²) < 4.78 is 73.8. The first-order chi connectivity index (χ1) is 16.0. The lowest BCUT2D eigenvalue weighted by molar-refractivity contribution is -0.137. The lowest BCUT2D eigenvalue weighted by Gasteiger charge is -2.17. The predicted molar refractivity (Wildman–Crippen MR) is 120 cm³/mol. The fourth-order valence-corrected chi connectivity index (χ4v) is 4.36. The average Bonchev–Trinajstić information content (AvgIpc) is 2.79. The van der Waals surface area contributed by atoms with E-state index in [1.54, 1.807) is 30.3 Å². The van der Waals surface area contributed by atoms with Gasteiger partial charge in [-0.15, -0.1) is 0 Å². The van der Waals surface area contributed by atoms with E-state index < -0.39 is 33.4 Å². The number of nitrogens with one attached hydrogen (secondary N) is 1. The number of hydrogen-bond donors (Lipinski definition) is 2. The molecule has 0 aliphatic rings.